The smallest absolute Gasteiger partial charge is 0.293 e. The molecule has 6 heteroatoms. The first-order valence-corrected chi connectivity index (χ1v) is 11.6. The largest absolute Gasteiger partial charge is 0.333 e. The van der Waals surface area contributed by atoms with Gasteiger partial charge in [0.25, 0.3) is 5.91 Å². The molecule has 0 radical (unpaired) electrons. The predicted octanol–water partition coefficient (Wildman–Crippen LogP) is 4.41. The minimum Gasteiger partial charge on any atom is -0.333 e. The molecule has 1 fully saturated rings. The number of hydrogen-bond donors (Lipinski definition) is 0. The molecule has 1 saturated heterocycles. The van der Waals surface area contributed by atoms with E-state index in [1.54, 1.807) is 4.68 Å². The van der Waals surface area contributed by atoms with Gasteiger partial charge in [-0.25, -0.2) is 9.67 Å². The fraction of sp³-hybridized carbons (Fsp3) is 0.179. The van der Waals surface area contributed by atoms with Gasteiger partial charge in [-0.1, -0.05) is 91.0 Å². The van der Waals surface area contributed by atoms with Crippen LogP contribution in [0, 0.1) is 0 Å². The SMILES string of the molecule is O=C(c1nc(-c2ccccc2)n(-c2ccccc2)n1)N1CCN(CC=Cc2ccccc2)CC1. The van der Waals surface area contributed by atoms with Crippen molar-refractivity contribution in [3.8, 4) is 17.1 Å². The molecule has 0 saturated carbocycles. The van der Waals surface area contributed by atoms with E-state index in [0.29, 0.717) is 18.9 Å². The molecule has 5 rings (SSSR count). The Morgan fingerprint density at radius 3 is 2.09 bits per heavy atom. The van der Waals surface area contributed by atoms with Crippen LogP contribution in [0.25, 0.3) is 23.2 Å². The number of benzene rings is 3. The maximum Gasteiger partial charge on any atom is 0.293 e. The highest BCUT2D eigenvalue weighted by atomic mass is 16.2. The molecule has 0 aliphatic carbocycles. The maximum atomic E-state index is 13.3. The van der Waals surface area contributed by atoms with Gasteiger partial charge in [0.1, 0.15) is 0 Å². The van der Waals surface area contributed by atoms with Crippen LogP contribution in [0.4, 0.5) is 0 Å². The normalized spacial score (nSPS) is 14.5. The Bertz CT molecular complexity index is 1190. The maximum absolute atomic E-state index is 13.3. The van der Waals surface area contributed by atoms with Crippen molar-refractivity contribution in [2.45, 2.75) is 0 Å². The predicted molar refractivity (Wildman–Crippen MR) is 135 cm³/mol. The number of piperazine rings is 1. The summed E-state index contributed by atoms with van der Waals surface area (Å²) >= 11 is 0. The molecule has 1 aliphatic rings. The van der Waals surface area contributed by atoms with Crippen LogP contribution in [0.5, 0.6) is 0 Å². The summed E-state index contributed by atoms with van der Waals surface area (Å²) < 4.78 is 1.76. The number of hydrogen-bond acceptors (Lipinski definition) is 4. The van der Waals surface area contributed by atoms with Crippen LogP contribution in [0.1, 0.15) is 16.2 Å². The minimum absolute atomic E-state index is 0.119. The van der Waals surface area contributed by atoms with Crippen molar-refractivity contribution in [1.29, 1.82) is 0 Å². The van der Waals surface area contributed by atoms with Crippen LogP contribution in [0.15, 0.2) is 97.1 Å². The van der Waals surface area contributed by atoms with Crippen LogP contribution in [-0.4, -0.2) is 63.2 Å². The molecule has 6 nitrogen and oxygen atoms in total. The fourth-order valence-corrected chi connectivity index (χ4v) is 4.10. The van der Waals surface area contributed by atoms with E-state index >= 15 is 0 Å². The van der Waals surface area contributed by atoms with Gasteiger partial charge >= 0.3 is 0 Å². The zero-order valence-electron chi connectivity index (χ0n) is 19.0. The van der Waals surface area contributed by atoms with Gasteiger partial charge in [-0.15, -0.1) is 5.10 Å². The highest BCUT2D eigenvalue weighted by molar-refractivity contribution is 5.91. The van der Waals surface area contributed by atoms with Crippen molar-refractivity contribution in [2.24, 2.45) is 0 Å². The van der Waals surface area contributed by atoms with Crippen molar-refractivity contribution < 1.29 is 4.79 Å². The molecule has 1 aromatic heterocycles. The molecule has 2 heterocycles. The molecule has 3 aromatic carbocycles. The summed E-state index contributed by atoms with van der Waals surface area (Å²) in [5.74, 6) is 0.784. The summed E-state index contributed by atoms with van der Waals surface area (Å²) in [4.78, 5) is 22.2. The Morgan fingerprint density at radius 1 is 0.794 bits per heavy atom. The summed E-state index contributed by atoms with van der Waals surface area (Å²) in [6.45, 7) is 3.86. The molecule has 0 atom stereocenters. The number of nitrogens with zero attached hydrogens (tertiary/aromatic N) is 5. The van der Waals surface area contributed by atoms with E-state index in [9.17, 15) is 4.79 Å². The Morgan fingerprint density at radius 2 is 1.41 bits per heavy atom. The van der Waals surface area contributed by atoms with Crippen LogP contribution >= 0.6 is 0 Å². The number of rotatable bonds is 6. The number of amides is 1. The Kier molecular flexibility index (Phi) is 6.59. The lowest BCUT2D eigenvalue weighted by Gasteiger charge is -2.33. The number of aromatic nitrogens is 3. The average molecular weight is 450 g/mol. The molecule has 0 bridgehead atoms. The zero-order valence-corrected chi connectivity index (χ0v) is 19.0. The molecule has 34 heavy (non-hydrogen) atoms. The van der Waals surface area contributed by atoms with E-state index in [2.05, 4.69) is 39.3 Å². The van der Waals surface area contributed by atoms with Gasteiger partial charge in [0.2, 0.25) is 5.82 Å². The van der Waals surface area contributed by atoms with E-state index in [1.165, 1.54) is 5.56 Å². The second-order valence-corrected chi connectivity index (χ2v) is 8.28. The van der Waals surface area contributed by atoms with Gasteiger partial charge in [-0.3, -0.25) is 9.69 Å². The van der Waals surface area contributed by atoms with Gasteiger partial charge in [-0.2, -0.15) is 0 Å². The van der Waals surface area contributed by atoms with Crippen LogP contribution in [0.3, 0.4) is 0 Å². The van der Waals surface area contributed by atoms with Crippen molar-refractivity contribution >= 4 is 12.0 Å². The first kappa shape index (κ1) is 21.8. The molecule has 1 aliphatic heterocycles. The molecular formula is C28H27N5O. The Labute approximate surface area is 199 Å². The van der Waals surface area contributed by atoms with Crippen LogP contribution < -0.4 is 0 Å². The van der Waals surface area contributed by atoms with E-state index in [1.807, 2.05) is 83.8 Å². The minimum atomic E-state index is -0.119. The lowest BCUT2D eigenvalue weighted by Crippen LogP contribution is -2.48. The molecular weight excluding hydrogens is 422 g/mol. The van der Waals surface area contributed by atoms with Crippen molar-refractivity contribution in [3.05, 3.63) is 108 Å². The average Bonchev–Trinajstić information content (AvgIpc) is 3.36. The Balaban J connectivity index is 1.28. The fourth-order valence-electron chi connectivity index (χ4n) is 4.10. The Hall–Kier alpha value is -4.03. The summed E-state index contributed by atoms with van der Waals surface area (Å²) in [7, 11) is 0. The summed E-state index contributed by atoms with van der Waals surface area (Å²) in [5, 5.41) is 4.62. The topological polar surface area (TPSA) is 54.3 Å². The van der Waals surface area contributed by atoms with E-state index < -0.39 is 0 Å². The van der Waals surface area contributed by atoms with Crippen molar-refractivity contribution in [2.75, 3.05) is 32.7 Å². The lowest BCUT2D eigenvalue weighted by atomic mass is 10.2. The summed E-state index contributed by atoms with van der Waals surface area (Å²) in [6.07, 6.45) is 4.32. The summed E-state index contributed by atoms with van der Waals surface area (Å²) in [6, 6.07) is 30.0. The number of carbonyl (C=O) groups excluding carboxylic acids is 1. The van der Waals surface area contributed by atoms with Crippen molar-refractivity contribution in [3.63, 3.8) is 0 Å². The second-order valence-electron chi connectivity index (χ2n) is 8.28. The van der Waals surface area contributed by atoms with Crippen molar-refractivity contribution in [1.82, 2.24) is 24.6 Å². The van der Waals surface area contributed by atoms with E-state index in [-0.39, 0.29) is 11.7 Å². The quantitative estimate of drug-likeness (QED) is 0.438. The molecule has 0 N–H and O–H groups in total. The standard InChI is InChI=1S/C28H27N5O/c34-28(32-21-19-31(20-22-32)18-10-13-23-11-4-1-5-12-23)26-29-27(24-14-6-2-7-15-24)33(30-26)25-16-8-3-9-17-25/h1-17H,18-22H2. The van der Waals surface area contributed by atoms with E-state index in [0.717, 1.165) is 30.9 Å². The van der Waals surface area contributed by atoms with Gasteiger partial charge in [0, 0.05) is 38.3 Å². The summed E-state index contributed by atoms with van der Waals surface area (Å²) in [5.41, 5.74) is 3.00. The lowest BCUT2D eigenvalue weighted by molar-refractivity contribution is 0.0638. The van der Waals surface area contributed by atoms with Gasteiger partial charge in [0.15, 0.2) is 5.82 Å². The zero-order chi connectivity index (χ0) is 23.2. The molecule has 1 amide bonds. The molecule has 170 valence electrons. The van der Waals surface area contributed by atoms with Gasteiger partial charge in [-0.05, 0) is 17.7 Å². The molecule has 4 aromatic rings. The third kappa shape index (κ3) is 4.97. The monoisotopic (exact) mass is 449 g/mol. The molecule has 0 spiro atoms. The first-order chi connectivity index (χ1) is 16.8. The van der Waals surface area contributed by atoms with Crippen LogP contribution in [0.2, 0.25) is 0 Å². The molecule has 0 unspecified atom stereocenters. The van der Waals surface area contributed by atoms with Gasteiger partial charge < -0.3 is 4.90 Å². The second kappa shape index (κ2) is 10.3. The third-order valence-electron chi connectivity index (χ3n) is 5.96. The third-order valence-corrected chi connectivity index (χ3v) is 5.96. The first-order valence-electron chi connectivity index (χ1n) is 11.6. The number of para-hydroxylation sites is 1. The van der Waals surface area contributed by atoms with Gasteiger partial charge in [0.05, 0.1) is 5.69 Å². The highest BCUT2D eigenvalue weighted by Gasteiger charge is 2.26. The number of carbonyl (C=O) groups is 1. The van der Waals surface area contributed by atoms with E-state index in [4.69, 9.17) is 0 Å². The van der Waals surface area contributed by atoms with Crippen LogP contribution in [-0.2, 0) is 0 Å². The highest BCUT2D eigenvalue weighted by Crippen LogP contribution is 2.21.